The molecule has 1 aliphatic carbocycles. The summed E-state index contributed by atoms with van der Waals surface area (Å²) in [6.07, 6.45) is 4.59. The second-order valence-electron chi connectivity index (χ2n) is 4.42. The van der Waals surface area contributed by atoms with Crippen molar-refractivity contribution in [3.63, 3.8) is 0 Å². The van der Waals surface area contributed by atoms with Gasteiger partial charge in [0, 0.05) is 27.8 Å². The van der Waals surface area contributed by atoms with E-state index < -0.39 is 0 Å². The fourth-order valence-corrected chi connectivity index (χ4v) is 2.44. The fraction of sp³-hybridized carbons (Fsp3) is 0.308. The zero-order valence-corrected chi connectivity index (χ0v) is 10.7. The number of H-pyrrole nitrogens is 1. The Morgan fingerprint density at radius 1 is 1.38 bits per heavy atom. The molecule has 16 heavy (non-hydrogen) atoms. The van der Waals surface area contributed by atoms with Crippen molar-refractivity contribution in [1.29, 1.82) is 0 Å². The van der Waals surface area contributed by atoms with Crippen LogP contribution in [0.15, 0.2) is 28.9 Å². The van der Waals surface area contributed by atoms with E-state index in [0.29, 0.717) is 0 Å². The van der Waals surface area contributed by atoms with Crippen molar-refractivity contribution >= 4 is 15.9 Å². The largest absolute Gasteiger partial charge is 0.342 e. The van der Waals surface area contributed by atoms with E-state index in [4.69, 9.17) is 0 Å². The summed E-state index contributed by atoms with van der Waals surface area (Å²) in [5.41, 5.74) is 3.72. The molecule has 0 bridgehead atoms. The van der Waals surface area contributed by atoms with Crippen LogP contribution in [0.1, 0.15) is 30.0 Å². The van der Waals surface area contributed by atoms with Crippen molar-refractivity contribution in [2.75, 3.05) is 0 Å². The van der Waals surface area contributed by atoms with Gasteiger partial charge in [0.05, 0.1) is 0 Å². The van der Waals surface area contributed by atoms with E-state index in [-0.39, 0.29) is 0 Å². The van der Waals surface area contributed by atoms with Gasteiger partial charge in [-0.3, -0.25) is 0 Å². The number of imidazole rings is 1. The Morgan fingerprint density at radius 2 is 2.19 bits per heavy atom. The average Bonchev–Trinajstić information content (AvgIpc) is 2.98. The van der Waals surface area contributed by atoms with E-state index in [1.54, 1.807) is 0 Å². The molecule has 0 spiro atoms. The maximum Gasteiger partial charge on any atom is 0.137 e. The summed E-state index contributed by atoms with van der Waals surface area (Å²) in [7, 11) is 0. The molecule has 1 aromatic carbocycles. The predicted molar refractivity (Wildman–Crippen MR) is 68.4 cm³/mol. The molecule has 1 heterocycles. The Bertz CT molecular complexity index is 526. The van der Waals surface area contributed by atoms with Gasteiger partial charge in [-0.15, -0.1) is 0 Å². The molecule has 1 saturated carbocycles. The summed E-state index contributed by atoms with van der Waals surface area (Å²) >= 11 is 3.48. The van der Waals surface area contributed by atoms with Crippen LogP contribution >= 0.6 is 15.9 Å². The zero-order chi connectivity index (χ0) is 11.1. The minimum Gasteiger partial charge on any atom is -0.342 e. The molecule has 3 rings (SSSR count). The van der Waals surface area contributed by atoms with E-state index in [0.717, 1.165) is 16.2 Å². The van der Waals surface area contributed by atoms with Crippen molar-refractivity contribution in [2.24, 2.45) is 0 Å². The van der Waals surface area contributed by atoms with E-state index in [9.17, 15) is 0 Å². The first-order valence-corrected chi connectivity index (χ1v) is 6.35. The maximum absolute atomic E-state index is 4.47. The summed E-state index contributed by atoms with van der Waals surface area (Å²) in [5.74, 6) is 1.73. The van der Waals surface area contributed by atoms with E-state index in [2.05, 4.69) is 51.0 Å². The van der Waals surface area contributed by atoms with Crippen molar-refractivity contribution in [3.8, 4) is 11.4 Å². The molecule has 1 aliphatic rings. The second kappa shape index (κ2) is 3.74. The minimum atomic E-state index is 0.733. The standard InChI is InChI=1S/C13H13BrN2/c1-8-6-10(14)4-5-11(8)13-15-7-12(16-13)9-2-3-9/h4-7,9H,2-3H2,1H3,(H,15,16). The van der Waals surface area contributed by atoms with Crippen LogP contribution in [0.2, 0.25) is 0 Å². The minimum absolute atomic E-state index is 0.733. The number of rotatable bonds is 2. The summed E-state index contributed by atoms with van der Waals surface area (Å²) in [6, 6.07) is 6.28. The number of hydrogen-bond acceptors (Lipinski definition) is 1. The first-order valence-electron chi connectivity index (χ1n) is 5.55. The first kappa shape index (κ1) is 10.1. The van der Waals surface area contributed by atoms with Gasteiger partial charge in [0.2, 0.25) is 0 Å². The number of hydrogen-bond donors (Lipinski definition) is 1. The molecule has 0 radical (unpaired) electrons. The molecular weight excluding hydrogens is 264 g/mol. The number of aromatic nitrogens is 2. The number of halogens is 1. The highest BCUT2D eigenvalue weighted by Gasteiger charge is 2.25. The molecule has 1 N–H and O–H groups in total. The lowest BCUT2D eigenvalue weighted by Crippen LogP contribution is -1.86. The lowest BCUT2D eigenvalue weighted by molar-refractivity contribution is 1.05. The van der Waals surface area contributed by atoms with Gasteiger partial charge in [-0.1, -0.05) is 15.9 Å². The molecule has 2 aromatic rings. The Labute approximate surface area is 103 Å². The highest BCUT2D eigenvalue weighted by molar-refractivity contribution is 9.10. The molecule has 1 aromatic heterocycles. The van der Waals surface area contributed by atoms with Crippen molar-refractivity contribution in [2.45, 2.75) is 25.7 Å². The van der Waals surface area contributed by atoms with Crippen LogP contribution in [-0.2, 0) is 0 Å². The maximum atomic E-state index is 4.47. The highest BCUT2D eigenvalue weighted by atomic mass is 79.9. The SMILES string of the molecule is Cc1cc(Br)ccc1-c1ncc(C2CC2)[nH]1. The summed E-state index contributed by atoms with van der Waals surface area (Å²) in [6.45, 7) is 2.11. The number of nitrogens with zero attached hydrogens (tertiary/aromatic N) is 1. The van der Waals surface area contributed by atoms with Gasteiger partial charge in [0.25, 0.3) is 0 Å². The molecule has 1 fully saturated rings. The lowest BCUT2D eigenvalue weighted by Gasteiger charge is -2.02. The Morgan fingerprint density at radius 3 is 2.88 bits per heavy atom. The normalized spacial score (nSPS) is 15.4. The molecule has 2 nitrogen and oxygen atoms in total. The molecule has 0 amide bonds. The van der Waals surface area contributed by atoms with Crippen molar-refractivity contribution < 1.29 is 0 Å². The van der Waals surface area contributed by atoms with Crippen LogP contribution in [-0.4, -0.2) is 9.97 Å². The van der Waals surface area contributed by atoms with E-state index >= 15 is 0 Å². The number of aromatic amines is 1. The Hall–Kier alpha value is -1.09. The van der Waals surface area contributed by atoms with Crippen LogP contribution in [0, 0.1) is 6.92 Å². The molecule has 0 aliphatic heterocycles. The molecule has 0 unspecified atom stereocenters. The number of nitrogens with one attached hydrogen (secondary N) is 1. The Kier molecular flexibility index (Phi) is 2.36. The summed E-state index contributed by atoms with van der Waals surface area (Å²) in [5, 5.41) is 0. The summed E-state index contributed by atoms with van der Waals surface area (Å²) in [4.78, 5) is 7.89. The van der Waals surface area contributed by atoms with Gasteiger partial charge in [-0.05, 0) is 43.5 Å². The van der Waals surface area contributed by atoms with E-state index in [1.165, 1.54) is 29.7 Å². The quantitative estimate of drug-likeness (QED) is 0.882. The van der Waals surface area contributed by atoms with Crippen LogP contribution in [0.3, 0.4) is 0 Å². The number of benzene rings is 1. The van der Waals surface area contributed by atoms with Crippen LogP contribution in [0.25, 0.3) is 11.4 Å². The lowest BCUT2D eigenvalue weighted by atomic mass is 10.1. The smallest absolute Gasteiger partial charge is 0.137 e. The van der Waals surface area contributed by atoms with Gasteiger partial charge in [-0.25, -0.2) is 4.98 Å². The summed E-state index contributed by atoms with van der Waals surface area (Å²) < 4.78 is 1.11. The van der Waals surface area contributed by atoms with Gasteiger partial charge in [0.1, 0.15) is 5.82 Å². The monoisotopic (exact) mass is 276 g/mol. The molecular formula is C13H13BrN2. The van der Waals surface area contributed by atoms with Crippen molar-refractivity contribution in [1.82, 2.24) is 9.97 Å². The van der Waals surface area contributed by atoms with E-state index in [1.807, 2.05) is 6.20 Å². The molecule has 82 valence electrons. The second-order valence-corrected chi connectivity index (χ2v) is 5.34. The molecule has 0 saturated heterocycles. The van der Waals surface area contributed by atoms with Crippen LogP contribution in [0.4, 0.5) is 0 Å². The van der Waals surface area contributed by atoms with Gasteiger partial charge in [0.15, 0.2) is 0 Å². The van der Waals surface area contributed by atoms with Crippen LogP contribution in [0.5, 0.6) is 0 Å². The van der Waals surface area contributed by atoms with Gasteiger partial charge in [-0.2, -0.15) is 0 Å². The van der Waals surface area contributed by atoms with Crippen LogP contribution < -0.4 is 0 Å². The topological polar surface area (TPSA) is 28.7 Å². The number of aryl methyl sites for hydroxylation is 1. The van der Waals surface area contributed by atoms with Gasteiger partial charge >= 0.3 is 0 Å². The first-order chi connectivity index (χ1) is 7.74. The fourth-order valence-electron chi connectivity index (χ4n) is 1.97. The third-order valence-corrected chi connectivity index (χ3v) is 3.55. The van der Waals surface area contributed by atoms with Gasteiger partial charge < -0.3 is 4.98 Å². The van der Waals surface area contributed by atoms with Crippen molar-refractivity contribution in [3.05, 3.63) is 40.1 Å². The Balaban J connectivity index is 2.00. The zero-order valence-electron chi connectivity index (χ0n) is 9.13. The third-order valence-electron chi connectivity index (χ3n) is 3.06. The molecule has 3 heteroatoms. The molecule has 0 atom stereocenters. The third kappa shape index (κ3) is 1.80. The average molecular weight is 277 g/mol. The highest BCUT2D eigenvalue weighted by Crippen LogP contribution is 2.39. The predicted octanol–water partition coefficient (Wildman–Crippen LogP) is 4.03.